The number of anilines is 1. The summed E-state index contributed by atoms with van der Waals surface area (Å²) in [5.41, 5.74) is 2.04. The van der Waals surface area contributed by atoms with Crippen molar-refractivity contribution >= 4 is 29.0 Å². The Balaban J connectivity index is 1.68. The summed E-state index contributed by atoms with van der Waals surface area (Å²) in [5.74, 6) is -3.84. The molecule has 1 atom stereocenters. The van der Waals surface area contributed by atoms with Crippen LogP contribution in [0.5, 0.6) is 0 Å². The van der Waals surface area contributed by atoms with Gasteiger partial charge in [0.2, 0.25) is 0 Å². The van der Waals surface area contributed by atoms with E-state index in [0.29, 0.717) is 31.2 Å². The third-order valence-electron chi connectivity index (χ3n) is 5.17. The Hall–Kier alpha value is -2.51. The maximum Gasteiger partial charge on any atom is 0.321 e. The third kappa shape index (κ3) is 4.92. The smallest absolute Gasteiger partial charge is 0.321 e. The second kappa shape index (κ2) is 8.88. The van der Waals surface area contributed by atoms with Gasteiger partial charge in [-0.2, -0.15) is 0 Å². The zero-order chi connectivity index (χ0) is 21.1. The molecule has 1 aliphatic heterocycles. The molecule has 2 aromatic rings. The normalized spacial score (nSPS) is 15.9. The van der Waals surface area contributed by atoms with Crippen LogP contribution in [0.4, 0.5) is 14.5 Å². The molecule has 0 amide bonds. The van der Waals surface area contributed by atoms with Crippen molar-refractivity contribution < 1.29 is 23.5 Å². The van der Waals surface area contributed by atoms with Gasteiger partial charge in [-0.05, 0) is 42.8 Å². The molecule has 29 heavy (non-hydrogen) atoms. The number of nitrogens with zero attached hydrogens (tertiary/aromatic N) is 2. The highest BCUT2D eigenvalue weighted by Crippen LogP contribution is 2.26. The Morgan fingerprint density at radius 3 is 2.38 bits per heavy atom. The molecule has 8 heteroatoms. The van der Waals surface area contributed by atoms with Crippen molar-refractivity contribution in [1.82, 2.24) is 4.90 Å². The van der Waals surface area contributed by atoms with Crippen molar-refractivity contribution in [3.05, 3.63) is 64.2 Å². The summed E-state index contributed by atoms with van der Waals surface area (Å²) in [6.45, 7) is 4.06. The van der Waals surface area contributed by atoms with Crippen molar-refractivity contribution in [2.24, 2.45) is 0 Å². The van der Waals surface area contributed by atoms with Crippen molar-refractivity contribution in [3.63, 3.8) is 0 Å². The van der Waals surface area contributed by atoms with E-state index in [-0.39, 0.29) is 12.0 Å². The number of carboxylic acids is 1. The molecule has 0 bridgehead atoms. The zero-order valence-corrected chi connectivity index (χ0v) is 16.6. The molecular formula is C21H21ClF2N2O3. The number of hydrogen-bond donors (Lipinski definition) is 1. The summed E-state index contributed by atoms with van der Waals surface area (Å²) < 4.78 is 26.5. The molecule has 0 saturated carbocycles. The fourth-order valence-electron chi connectivity index (χ4n) is 3.53. The molecular weight excluding hydrogens is 402 g/mol. The Morgan fingerprint density at radius 2 is 1.76 bits per heavy atom. The summed E-state index contributed by atoms with van der Waals surface area (Å²) in [5, 5.41) is 10.3. The number of Topliss-reactive ketones (excluding diaryl/α,β-unsaturated/α-hetero) is 1. The first-order chi connectivity index (χ1) is 13.8. The van der Waals surface area contributed by atoms with E-state index in [2.05, 4.69) is 4.90 Å². The van der Waals surface area contributed by atoms with E-state index in [1.165, 1.54) is 6.07 Å². The monoisotopic (exact) mass is 422 g/mol. The lowest BCUT2D eigenvalue weighted by Gasteiger charge is -2.39. The van der Waals surface area contributed by atoms with Crippen molar-refractivity contribution in [1.29, 1.82) is 0 Å². The van der Waals surface area contributed by atoms with Crippen molar-refractivity contribution in [3.8, 4) is 0 Å². The lowest BCUT2D eigenvalue weighted by molar-refractivity contribution is -0.143. The minimum atomic E-state index is -1.13. The zero-order valence-electron chi connectivity index (χ0n) is 15.9. The van der Waals surface area contributed by atoms with Crippen LogP contribution < -0.4 is 4.90 Å². The van der Waals surface area contributed by atoms with Gasteiger partial charge < -0.3 is 10.0 Å². The first-order valence-electron chi connectivity index (χ1n) is 9.22. The molecule has 0 spiro atoms. The van der Waals surface area contributed by atoms with E-state index < -0.39 is 29.4 Å². The summed E-state index contributed by atoms with van der Waals surface area (Å²) in [6, 6.07) is 7.44. The minimum absolute atomic E-state index is 0.0386. The molecule has 1 saturated heterocycles. The van der Waals surface area contributed by atoms with E-state index in [1.54, 1.807) is 4.90 Å². The Kier molecular flexibility index (Phi) is 6.49. The predicted molar refractivity (Wildman–Crippen MR) is 107 cm³/mol. The van der Waals surface area contributed by atoms with Crippen LogP contribution in [0.3, 0.4) is 0 Å². The molecule has 0 aliphatic carbocycles. The molecule has 2 aromatic carbocycles. The van der Waals surface area contributed by atoms with Gasteiger partial charge in [0.15, 0.2) is 17.4 Å². The predicted octanol–water partition coefficient (Wildman–Crippen LogP) is 3.77. The van der Waals surface area contributed by atoms with Gasteiger partial charge in [-0.15, -0.1) is 0 Å². The highest BCUT2D eigenvalue weighted by molar-refractivity contribution is 6.30. The topological polar surface area (TPSA) is 60.9 Å². The van der Waals surface area contributed by atoms with Crippen LogP contribution >= 0.6 is 11.6 Å². The second-order valence-corrected chi connectivity index (χ2v) is 7.50. The third-order valence-corrected chi connectivity index (χ3v) is 5.41. The number of rotatable bonds is 6. The quantitative estimate of drug-likeness (QED) is 0.718. The molecule has 154 valence electrons. The van der Waals surface area contributed by atoms with Gasteiger partial charge >= 0.3 is 5.97 Å². The first-order valence-corrected chi connectivity index (χ1v) is 9.60. The van der Waals surface area contributed by atoms with Gasteiger partial charge in [0.25, 0.3) is 0 Å². The summed E-state index contributed by atoms with van der Waals surface area (Å²) in [7, 11) is 0. The highest BCUT2D eigenvalue weighted by atomic mass is 35.5. The molecule has 1 heterocycles. The second-order valence-electron chi connectivity index (χ2n) is 7.06. The number of hydrogen-bond acceptors (Lipinski definition) is 4. The Morgan fingerprint density at radius 1 is 1.07 bits per heavy atom. The van der Waals surface area contributed by atoms with Crippen molar-refractivity contribution in [2.45, 2.75) is 19.4 Å². The molecule has 0 aromatic heterocycles. The molecule has 5 nitrogen and oxygen atoms in total. The fourth-order valence-corrected chi connectivity index (χ4v) is 3.70. The maximum atomic E-state index is 13.4. The molecule has 1 unspecified atom stereocenters. The lowest BCUT2D eigenvalue weighted by atomic mass is 10.0. The molecule has 3 rings (SSSR count). The van der Waals surface area contributed by atoms with E-state index in [0.717, 1.165) is 23.4 Å². The number of benzene rings is 2. The number of aliphatic carboxylic acids is 1. The average Bonchev–Trinajstić information content (AvgIpc) is 2.70. The number of carbonyl (C=O) groups is 2. The Labute approximate surface area is 172 Å². The van der Waals surface area contributed by atoms with Gasteiger partial charge in [0.1, 0.15) is 6.04 Å². The summed E-state index contributed by atoms with van der Waals surface area (Å²) in [4.78, 5) is 28.1. The molecule has 0 radical (unpaired) electrons. The number of carbonyl (C=O) groups excluding carboxylic acids is 1. The maximum absolute atomic E-state index is 13.4. The molecule has 1 aliphatic rings. The fraction of sp³-hybridized carbons (Fsp3) is 0.333. The first kappa shape index (κ1) is 21.2. The van der Waals surface area contributed by atoms with Gasteiger partial charge in [-0.3, -0.25) is 14.5 Å². The number of aryl methyl sites for hydroxylation is 1. The van der Waals surface area contributed by atoms with Gasteiger partial charge in [0, 0.05) is 48.9 Å². The van der Waals surface area contributed by atoms with E-state index >= 15 is 0 Å². The largest absolute Gasteiger partial charge is 0.480 e. The van der Waals surface area contributed by atoms with Crippen LogP contribution in [0.15, 0.2) is 36.4 Å². The van der Waals surface area contributed by atoms with Crippen LogP contribution in [0.25, 0.3) is 0 Å². The van der Waals surface area contributed by atoms with E-state index in [4.69, 9.17) is 11.6 Å². The van der Waals surface area contributed by atoms with Crippen LogP contribution in [0.1, 0.15) is 22.3 Å². The van der Waals surface area contributed by atoms with Crippen LogP contribution in [0.2, 0.25) is 5.02 Å². The number of carboxylic acid groups (broad SMARTS) is 1. The minimum Gasteiger partial charge on any atom is -0.480 e. The van der Waals surface area contributed by atoms with Gasteiger partial charge in [-0.1, -0.05) is 17.7 Å². The molecule has 1 fully saturated rings. The highest BCUT2D eigenvalue weighted by Gasteiger charge is 2.31. The molecule has 1 N–H and O–H groups in total. The number of halogens is 3. The van der Waals surface area contributed by atoms with Gasteiger partial charge in [0.05, 0.1) is 0 Å². The average molecular weight is 423 g/mol. The lowest BCUT2D eigenvalue weighted by Crippen LogP contribution is -2.53. The van der Waals surface area contributed by atoms with E-state index in [9.17, 15) is 23.5 Å². The number of piperazine rings is 1. The summed E-state index contributed by atoms with van der Waals surface area (Å²) in [6.07, 6.45) is -0.309. The van der Waals surface area contributed by atoms with Gasteiger partial charge in [-0.25, -0.2) is 8.78 Å². The standard InChI is InChI=1S/C21H21ClF2N2O3/c1-13-2-4-15(22)11-18(13)25-6-8-26(9-7-25)19(21(28)29)12-20(27)14-3-5-16(23)17(24)10-14/h2-5,10-11,19H,6-9,12H2,1H3,(H,28,29). The summed E-state index contributed by atoms with van der Waals surface area (Å²) >= 11 is 6.09. The van der Waals surface area contributed by atoms with Crippen molar-refractivity contribution in [2.75, 3.05) is 31.1 Å². The van der Waals surface area contributed by atoms with Crippen LogP contribution in [-0.2, 0) is 4.79 Å². The number of ketones is 1. The van der Waals surface area contributed by atoms with Crippen LogP contribution in [0, 0.1) is 18.6 Å². The van der Waals surface area contributed by atoms with E-state index in [1.807, 2.05) is 25.1 Å². The Bertz CT molecular complexity index is 930. The van der Waals surface area contributed by atoms with Crippen LogP contribution in [-0.4, -0.2) is 54.0 Å². The SMILES string of the molecule is Cc1ccc(Cl)cc1N1CCN(C(CC(=O)c2ccc(F)c(F)c2)C(=O)O)CC1.